The quantitative estimate of drug-likeness (QED) is 0.799. The zero-order valence-corrected chi connectivity index (χ0v) is 14.0. The van der Waals surface area contributed by atoms with E-state index in [1.807, 2.05) is 45.0 Å². The lowest BCUT2D eigenvalue weighted by atomic mass is 9.98. The molecule has 1 atom stereocenters. The second kappa shape index (κ2) is 7.61. The summed E-state index contributed by atoms with van der Waals surface area (Å²) >= 11 is 3.38. The summed E-state index contributed by atoms with van der Waals surface area (Å²) in [5.41, 5.74) is 0.845. The Balaban J connectivity index is 2.70. The summed E-state index contributed by atoms with van der Waals surface area (Å²) in [6.45, 7) is 5.41. The third kappa shape index (κ3) is 8.44. The Labute approximate surface area is 132 Å². The van der Waals surface area contributed by atoms with E-state index in [1.54, 1.807) is 0 Å². The second-order valence-corrected chi connectivity index (χ2v) is 6.93. The van der Waals surface area contributed by atoms with Crippen LogP contribution in [-0.4, -0.2) is 31.5 Å². The molecular weight excluding hydrogens is 347 g/mol. The van der Waals surface area contributed by atoms with Crippen molar-refractivity contribution in [3.05, 3.63) is 34.3 Å². The van der Waals surface area contributed by atoms with Crippen LogP contribution >= 0.6 is 15.9 Å². The van der Waals surface area contributed by atoms with Gasteiger partial charge in [0.1, 0.15) is 6.61 Å². The lowest BCUT2D eigenvalue weighted by Crippen LogP contribution is -2.39. The standard InChI is InChI=1S/C15H21BrF3NO/c1-14(2,3)20-8-12(9-21-10-15(17,18)19)11-5-4-6-13(16)7-11/h4-7,12,20H,8-10H2,1-3H3. The molecule has 21 heavy (non-hydrogen) atoms. The van der Waals surface area contributed by atoms with Gasteiger partial charge in [0.2, 0.25) is 0 Å². The van der Waals surface area contributed by atoms with E-state index in [1.165, 1.54) is 0 Å². The number of hydrogen-bond donors (Lipinski definition) is 1. The van der Waals surface area contributed by atoms with Crippen LogP contribution in [0.4, 0.5) is 13.2 Å². The van der Waals surface area contributed by atoms with Crippen molar-refractivity contribution in [3.63, 3.8) is 0 Å². The first-order chi connectivity index (χ1) is 9.57. The van der Waals surface area contributed by atoms with Gasteiger partial charge >= 0.3 is 6.18 Å². The van der Waals surface area contributed by atoms with E-state index in [4.69, 9.17) is 4.74 Å². The van der Waals surface area contributed by atoms with Crippen LogP contribution in [0.25, 0.3) is 0 Å². The normalized spacial score (nSPS) is 14.2. The Hall–Kier alpha value is -0.590. The van der Waals surface area contributed by atoms with Gasteiger partial charge in [0.05, 0.1) is 6.61 Å². The maximum absolute atomic E-state index is 12.2. The molecule has 0 heterocycles. The van der Waals surface area contributed by atoms with Gasteiger partial charge in [0, 0.05) is 22.5 Å². The monoisotopic (exact) mass is 367 g/mol. The average molecular weight is 368 g/mol. The molecule has 0 aliphatic rings. The summed E-state index contributed by atoms with van der Waals surface area (Å²) in [6, 6.07) is 7.56. The van der Waals surface area contributed by atoms with Gasteiger partial charge in [0.25, 0.3) is 0 Å². The maximum atomic E-state index is 12.2. The zero-order chi connectivity index (χ0) is 16.1. The van der Waals surface area contributed by atoms with Gasteiger partial charge in [0.15, 0.2) is 0 Å². The van der Waals surface area contributed by atoms with Crippen molar-refractivity contribution in [1.29, 1.82) is 0 Å². The lowest BCUT2D eigenvalue weighted by molar-refractivity contribution is -0.174. The van der Waals surface area contributed by atoms with Gasteiger partial charge in [-0.25, -0.2) is 0 Å². The molecule has 1 unspecified atom stereocenters. The first kappa shape index (κ1) is 18.5. The summed E-state index contributed by atoms with van der Waals surface area (Å²) < 4.78 is 42.3. The number of alkyl halides is 3. The zero-order valence-electron chi connectivity index (χ0n) is 12.4. The van der Waals surface area contributed by atoms with Crippen LogP contribution in [0.3, 0.4) is 0 Å². The molecule has 1 aromatic rings. The van der Waals surface area contributed by atoms with Crippen molar-refractivity contribution in [2.75, 3.05) is 19.8 Å². The third-order valence-corrected chi connectivity index (χ3v) is 3.28. The van der Waals surface area contributed by atoms with Crippen LogP contribution in [0.5, 0.6) is 0 Å². The van der Waals surface area contributed by atoms with Gasteiger partial charge in [-0.2, -0.15) is 13.2 Å². The van der Waals surface area contributed by atoms with E-state index >= 15 is 0 Å². The summed E-state index contributed by atoms with van der Waals surface area (Å²) in [7, 11) is 0. The van der Waals surface area contributed by atoms with Gasteiger partial charge in [-0.1, -0.05) is 28.1 Å². The minimum absolute atomic E-state index is 0.0268. The van der Waals surface area contributed by atoms with Gasteiger partial charge < -0.3 is 10.1 Å². The van der Waals surface area contributed by atoms with E-state index in [9.17, 15) is 13.2 Å². The predicted octanol–water partition coefficient (Wildman–Crippen LogP) is 4.50. The van der Waals surface area contributed by atoms with Crippen molar-refractivity contribution in [2.45, 2.75) is 38.4 Å². The first-order valence-corrected chi connectivity index (χ1v) is 7.51. The minimum atomic E-state index is -4.29. The smallest absolute Gasteiger partial charge is 0.371 e. The summed E-state index contributed by atoms with van der Waals surface area (Å²) in [4.78, 5) is 0. The van der Waals surface area contributed by atoms with Crippen LogP contribution in [0.1, 0.15) is 32.3 Å². The fourth-order valence-electron chi connectivity index (χ4n) is 1.78. The highest BCUT2D eigenvalue weighted by molar-refractivity contribution is 9.10. The first-order valence-electron chi connectivity index (χ1n) is 6.72. The SMILES string of the molecule is CC(C)(C)NCC(COCC(F)(F)F)c1cccc(Br)c1. The molecule has 1 aromatic carbocycles. The molecular formula is C15H21BrF3NO. The third-order valence-electron chi connectivity index (χ3n) is 2.78. The number of benzene rings is 1. The number of nitrogens with one attached hydrogen (secondary N) is 1. The Morgan fingerprint density at radius 1 is 1.24 bits per heavy atom. The highest BCUT2D eigenvalue weighted by atomic mass is 79.9. The molecule has 1 N–H and O–H groups in total. The van der Waals surface area contributed by atoms with E-state index < -0.39 is 12.8 Å². The molecule has 0 radical (unpaired) electrons. The summed E-state index contributed by atoms with van der Waals surface area (Å²) in [5, 5.41) is 3.31. The maximum Gasteiger partial charge on any atom is 0.411 e. The lowest BCUT2D eigenvalue weighted by Gasteiger charge is -2.26. The van der Waals surface area contributed by atoms with Gasteiger partial charge in [-0.05, 0) is 38.5 Å². The topological polar surface area (TPSA) is 21.3 Å². The van der Waals surface area contributed by atoms with E-state index in [0.29, 0.717) is 6.54 Å². The summed E-state index contributed by atoms with van der Waals surface area (Å²) in [5.74, 6) is -0.135. The average Bonchev–Trinajstić information content (AvgIpc) is 2.30. The number of halogens is 4. The predicted molar refractivity (Wildman–Crippen MR) is 81.5 cm³/mol. The Morgan fingerprint density at radius 3 is 2.43 bits per heavy atom. The Kier molecular flexibility index (Phi) is 6.69. The molecule has 1 rings (SSSR count). The molecule has 6 heteroatoms. The fraction of sp³-hybridized carbons (Fsp3) is 0.600. The Morgan fingerprint density at radius 2 is 1.90 bits per heavy atom. The van der Waals surface area contributed by atoms with Crippen LogP contribution in [-0.2, 0) is 4.74 Å². The molecule has 0 saturated carbocycles. The van der Waals surface area contributed by atoms with Gasteiger partial charge in [-0.3, -0.25) is 0 Å². The van der Waals surface area contributed by atoms with Crippen LogP contribution in [0.2, 0.25) is 0 Å². The van der Waals surface area contributed by atoms with Crippen LogP contribution in [0.15, 0.2) is 28.7 Å². The Bertz CT molecular complexity index is 443. The molecule has 120 valence electrons. The van der Waals surface area contributed by atoms with Crippen molar-refractivity contribution in [3.8, 4) is 0 Å². The molecule has 2 nitrogen and oxygen atoms in total. The molecule has 0 fully saturated rings. The van der Waals surface area contributed by atoms with E-state index in [-0.39, 0.29) is 18.1 Å². The van der Waals surface area contributed by atoms with E-state index in [2.05, 4.69) is 21.2 Å². The molecule has 0 saturated heterocycles. The van der Waals surface area contributed by atoms with Crippen molar-refractivity contribution in [2.24, 2.45) is 0 Å². The molecule has 0 aliphatic carbocycles. The number of ether oxygens (including phenoxy) is 1. The highest BCUT2D eigenvalue weighted by Gasteiger charge is 2.28. The van der Waals surface area contributed by atoms with Crippen molar-refractivity contribution < 1.29 is 17.9 Å². The van der Waals surface area contributed by atoms with Gasteiger partial charge in [-0.15, -0.1) is 0 Å². The molecule has 0 amide bonds. The summed E-state index contributed by atoms with van der Waals surface area (Å²) in [6.07, 6.45) is -4.29. The molecule has 0 aromatic heterocycles. The van der Waals surface area contributed by atoms with E-state index in [0.717, 1.165) is 10.0 Å². The molecule has 0 spiro atoms. The fourth-order valence-corrected chi connectivity index (χ4v) is 2.20. The highest BCUT2D eigenvalue weighted by Crippen LogP contribution is 2.22. The molecule has 0 bridgehead atoms. The number of rotatable bonds is 6. The van der Waals surface area contributed by atoms with Crippen molar-refractivity contribution >= 4 is 15.9 Å². The molecule has 0 aliphatic heterocycles. The second-order valence-electron chi connectivity index (χ2n) is 6.01. The van der Waals surface area contributed by atoms with Crippen molar-refractivity contribution in [1.82, 2.24) is 5.32 Å². The number of hydrogen-bond acceptors (Lipinski definition) is 2. The largest absolute Gasteiger partial charge is 0.411 e. The van der Waals surface area contributed by atoms with Crippen LogP contribution in [0, 0.1) is 0 Å². The van der Waals surface area contributed by atoms with Crippen LogP contribution < -0.4 is 5.32 Å². The minimum Gasteiger partial charge on any atom is -0.371 e.